The van der Waals surface area contributed by atoms with Gasteiger partial charge in [-0.3, -0.25) is 4.79 Å². The van der Waals surface area contributed by atoms with Gasteiger partial charge < -0.3 is 5.11 Å². The molecule has 1 N–H and O–H groups in total. The van der Waals surface area contributed by atoms with Crippen LogP contribution < -0.4 is 0 Å². The summed E-state index contributed by atoms with van der Waals surface area (Å²) in [7, 11) is 0. The minimum absolute atomic E-state index is 0.196. The molecule has 2 bridgehead atoms. The third-order valence-corrected chi connectivity index (χ3v) is 5.57. The van der Waals surface area contributed by atoms with E-state index in [0.717, 1.165) is 18.3 Å². The molecule has 0 aromatic heterocycles. The molecular formula is C14H24O2. The van der Waals surface area contributed by atoms with Crippen molar-refractivity contribution in [3.05, 3.63) is 0 Å². The van der Waals surface area contributed by atoms with Crippen molar-refractivity contribution in [3.63, 3.8) is 0 Å². The molecule has 4 atom stereocenters. The van der Waals surface area contributed by atoms with E-state index in [2.05, 4.69) is 20.8 Å². The largest absolute Gasteiger partial charge is 0.481 e. The summed E-state index contributed by atoms with van der Waals surface area (Å²) in [6.45, 7) is 8.91. The van der Waals surface area contributed by atoms with Crippen LogP contribution >= 0.6 is 0 Å². The molecule has 3 fully saturated rings. The summed E-state index contributed by atoms with van der Waals surface area (Å²) in [4.78, 5) is 11.0. The van der Waals surface area contributed by atoms with E-state index >= 15 is 0 Å². The highest BCUT2D eigenvalue weighted by Gasteiger charge is 2.59. The smallest absolute Gasteiger partial charge is 0.306 e. The van der Waals surface area contributed by atoms with Crippen molar-refractivity contribution >= 4 is 5.97 Å². The minimum atomic E-state index is -0.638. The second-order valence-corrected chi connectivity index (χ2v) is 6.94. The van der Waals surface area contributed by atoms with E-state index in [9.17, 15) is 4.79 Å². The molecule has 4 unspecified atom stereocenters. The van der Waals surface area contributed by atoms with Gasteiger partial charge in [-0.15, -0.1) is 0 Å². The highest BCUT2D eigenvalue weighted by molar-refractivity contribution is 5.69. The van der Waals surface area contributed by atoms with Crippen LogP contribution in [0.5, 0.6) is 0 Å². The number of fused-ring (bicyclic) bond motifs is 2. The molecule has 3 aliphatic rings. The van der Waals surface area contributed by atoms with E-state index in [4.69, 9.17) is 5.11 Å². The van der Waals surface area contributed by atoms with Gasteiger partial charge in [-0.1, -0.05) is 27.7 Å². The average Bonchev–Trinajstić information content (AvgIpc) is 2.16. The summed E-state index contributed by atoms with van der Waals surface area (Å²) < 4.78 is 0. The fourth-order valence-electron chi connectivity index (χ4n) is 4.40. The molecule has 92 valence electrons. The first-order valence-corrected chi connectivity index (χ1v) is 6.50. The van der Waals surface area contributed by atoms with E-state index in [0.29, 0.717) is 5.41 Å². The van der Waals surface area contributed by atoms with Gasteiger partial charge in [-0.25, -0.2) is 0 Å². The Morgan fingerprint density at radius 1 is 1.44 bits per heavy atom. The third kappa shape index (κ3) is 1.57. The van der Waals surface area contributed by atoms with Gasteiger partial charge in [0.05, 0.1) is 5.92 Å². The van der Waals surface area contributed by atoms with Crippen molar-refractivity contribution in [3.8, 4) is 0 Å². The Labute approximate surface area is 98.4 Å². The molecule has 0 amide bonds. The SMILES string of the molecule is CC(CC1(C)CCC2CC1C2(C)C)C(=O)O. The highest BCUT2D eigenvalue weighted by Crippen LogP contribution is 2.67. The first-order valence-electron chi connectivity index (χ1n) is 6.50. The van der Waals surface area contributed by atoms with Crippen molar-refractivity contribution in [2.45, 2.75) is 53.4 Å². The number of carboxylic acid groups (broad SMARTS) is 1. The molecule has 0 aromatic rings. The topological polar surface area (TPSA) is 37.3 Å². The zero-order valence-corrected chi connectivity index (χ0v) is 10.9. The maximum absolute atomic E-state index is 11.0. The van der Waals surface area contributed by atoms with Gasteiger partial charge >= 0.3 is 5.97 Å². The first kappa shape index (κ1) is 11.9. The molecule has 0 radical (unpaired) electrons. The zero-order valence-electron chi connectivity index (χ0n) is 10.9. The molecule has 3 aliphatic carbocycles. The molecule has 2 nitrogen and oxygen atoms in total. The molecule has 16 heavy (non-hydrogen) atoms. The van der Waals surface area contributed by atoms with Crippen LogP contribution in [0.1, 0.15) is 53.4 Å². The predicted molar refractivity (Wildman–Crippen MR) is 64.1 cm³/mol. The first-order chi connectivity index (χ1) is 7.27. The van der Waals surface area contributed by atoms with Crippen molar-refractivity contribution in [1.82, 2.24) is 0 Å². The number of aliphatic carboxylic acids is 1. The maximum Gasteiger partial charge on any atom is 0.306 e. The second-order valence-electron chi connectivity index (χ2n) is 6.94. The third-order valence-electron chi connectivity index (χ3n) is 5.57. The Morgan fingerprint density at radius 3 is 2.50 bits per heavy atom. The monoisotopic (exact) mass is 224 g/mol. The summed E-state index contributed by atoms with van der Waals surface area (Å²) in [6.07, 6.45) is 4.70. The minimum Gasteiger partial charge on any atom is -0.481 e. The molecule has 3 rings (SSSR count). The fraction of sp³-hybridized carbons (Fsp3) is 0.929. The van der Waals surface area contributed by atoms with Crippen LogP contribution in [0.4, 0.5) is 0 Å². The molecule has 3 saturated carbocycles. The van der Waals surface area contributed by atoms with Gasteiger partial charge in [0.1, 0.15) is 0 Å². The lowest BCUT2D eigenvalue weighted by Gasteiger charge is -2.65. The van der Waals surface area contributed by atoms with E-state index < -0.39 is 5.97 Å². The number of rotatable bonds is 3. The Hall–Kier alpha value is -0.530. The number of carboxylic acids is 1. The van der Waals surface area contributed by atoms with Gasteiger partial charge in [0.15, 0.2) is 0 Å². The lowest BCUT2D eigenvalue weighted by Crippen LogP contribution is -2.57. The van der Waals surface area contributed by atoms with E-state index in [-0.39, 0.29) is 11.3 Å². The van der Waals surface area contributed by atoms with Crippen molar-refractivity contribution in [1.29, 1.82) is 0 Å². The van der Waals surface area contributed by atoms with Gasteiger partial charge in [0, 0.05) is 0 Å². The van der Waals surface area contributed by atoms with Crippen LogP contribution in [0.2, 0.25) is 0 Å². The molecule has 0 aromatic carbocycles. The van der Waals surface area contributed by atoms with Gasteiger partial charge in [-0.05, 0) is 48.3 Å². The Bertz CT molecular complexity index is 306. The lowest BCUT2D eigenvalue weighted by atomic mass is 9.40. The quantitative estimate of drug-likeness (QED) is 0.796. The summed E-state index contributed by atoms with van der Waals surface area (Å²) in [6, 6.07) is 0. The molecule has 0 heterocycles. The van der Waals surface area contributed by atoms with Crippen molar-refractivity contribution < 1.29 is 9.90 Å². The van der Waals surface area contributed by atoms with Crippen LogP contribution in [-0.4, -0.2) is 11.1 Å². The molecule has 0 spiro atoms. The average molecular weight is 224 g/mol. The van der Waals surface area contributed by atoms with Crippen LogP contribution in [0.3, 0.4) is 0 Å². The number of carbonyl (C=O) groups is 1. The fourth-order valence-corrected chi connectivity index (χ4v) is 4.40. The van der Waals surface area contributed by atoms with Crippen LogP contribution in [0.25, 0.3) is 0 Å². The molecule has 0 saturated heterocycles. The number of hydrogen-bond donors (Lipinski definition) is 1. The highest BCUT2D eigenvalue weighted by atomic mass is 16.4. The normalized spacial score (nSPS) is 42.2. The van der Waals surface area contributed by atoms with E-state index in [1.807, 2.05) is 6.92 Å². The summed E-state index contributed by atoms with van der Waals surface area (Å²) in [5.41, 5.74) is 0.710. The van der Waals surface area contributed by atoms with Gasteiger partial charge in [0.2, 0.25) is 0 Å². The summed E-state index contributed by atoms with van der Waals surface area (Å²) in [5, 5.41) is 9.06. The predicted octanol–water partition coefficient (Wildman–Crippen LogP) is 3.56. The molecule has 2 heteroatoms. The number of hydrogen-bond acceptors (Lipinski definition) is 1. The Kier molecular flexibility index (Phi) is 2.60. The Morgan fingerprint density at radius 2 is 2.06 bits per heavy atom. The summed E-state index contributed by atoms with van der Waals surface area (Å²) >= 11 is 0. The maximum atomic E-state index is 11.0. The van der Waals surface area contributed by atoms with Crippen LogP contribution in [0.15, 0.2) is 0 Å². The zero-order chi connectivity index (χ0) is 12.1. The standard InChI is InChI=1S/C14H24O2/c1-9(12(15)16)8-14(4)6-5-10-7-11(14)13(10,2)3/h9-11H,5-8H2,1-4H3,(H,15,16). The molecule has 0 aliphatic heterocycles. The van der Waals surface area contributed by atoms with Crippen LogP contribution in [-0.2, 0) is 4.79 Å². The molecular weight excluding hydrogens is 200 g/mol. The van der Waals surface area contributed by atoms with Crippen molar-refractivity contribution in [2.24, 2.45) is 28.6 Å². The Balaban J connectivity index is 2.10. The second kappa shape index (κ2) is 3.48. The van der Waals surface area contributed by atoms with Gasteiger partial charge in [0.25, 0.3) is 0 Å². The van der Waals surface area contributed by atoms with Gasteiger partial charge in [-0.2, -0.15) is 0 Å². The van der Waals surface area contributed by atoms with E-state index in [1.54, 1.807) is 0 Å². The van der Waals surface area contributed by atoms with E-state index in [1.165, 1.54) is 19.3 Å². The lowest BCUT2D eigenvalue weighted by molar-refractivity contribution is -0.164. The summed E-state index contributed by atoms with van der Waals surface area (Å²) in [5.74, 6) is 0.796. The van der Waals surface area contributed by atoms with Crippen molar-refractivity contribution in [2.75, 3.05) is 0 Å². The van der Waals surface area contributed by atoms with Crippen LogP contribution in [0, 0.1) is 28.6 Å².